The molecule has 0 aliphatic heterocycles. The predicted octanol–water partition coefficient (Wildman–Crippen LogP) is 4.71. The van der Waals surface area contributed by atoms with Crippen molar-refractivity contribution >= 4 is 8.32 Å². The first kappa shape index (κ1) is 12.8. The van der Waals surface area contributed by atoms with Crippen LogP contribution in [0.4, 0.5) is 0 Å². The Bertz CT molecular complexity index is 269. The van der Waals surface area contributed by atoms with Gasteiger partial charge in [0.05, 0.1) is 5.76 Å². The lowest BCUT2D eigenvalue weighted by atomic mass is 9.92. The maximum Gasteiger partial charge on any atom is 0.250 e. The van der Waals surface area contributed by atoms with Crippen molar-refractivity contribution in [2.24, 2.45) is 5.41 Å². The van der Waals surface area contributed by atoms with E-state index in [-0.39, 0.29) is 5.41 Å². The van der Waals surface area contributed by atoms with Crippen molar-refractivity contribution in [1.29, 1.82) is 0 Å². The molecule has 0 heterocycles. The summed E-state index contributed by atoms with van der Waals surface area (Å²) in [4.78, 5) is 0. The normalized spacial score (nSPS) is 21.4. The summed E-state index contributed by atoms with van der Waals surface area (Å²) in [5.74, 6) is 1.24. The second-order valence-corrected chi connectivity index (χ2v) is 11.6. The molecule has 1 aliphatic rings. The molecule has 0 aromatic carbocycles. The van der Waals surface area contributed by atoms with Crippen molar-refractivity contribution in [3.8, 4) is 0 Å². The van der Waals surface area contributed by atoms with Gasteiger partial charge in [0, 0.05) is 5.41 Å². The fourth-order valence-electron chi connectivity index (χ4n) is 1.57. The topological polar surface area (TPSA) is 9.23 Å². The van der Waals surface area contributed by atoms with Gasteiger partial charge in [-0.05, 0) is 37.0 Å². The molecule has 15 heavy (non-hydrogen) atoms. The molecule has 0 saturated carbocycles. The Kier molecular flexibility index (Phi) is 3.12. The van der Waals surface area contributed by atoms with Crippen LogP contribution >= 0.6 is 0 Å². The van der Waals surface area contributed by atoms with Gasteiger partial charge in [0.1, 0.15) is 0 Å². The lowest BCUT2D eigenvalue weighted by Crippen LogP contribution is -2.41. The van der Waals surface area contributed by atoms with E-state index in [1.165, 1.54) is 18.6 Å². The minimum Gasteiger partial charge on any atom is -0.546 e. The second-order valence-electron chi connectivity index (χ2n) is 6.85. The summed E-state index contributed by atoms with van der Waals surface area (Å²) in [6.07, 6.45) is 4.70. The summed E-state index contributed by atoms with van der Waals surface area (Å²) in [6.45, 7) is 16.1. The number of hydrogen-bond acceptors (Lipinski definition) is 1. The molecule has 0 aromatic rings. The van der Waals surface area contributed by atoms with Crippen LogP contribution in [-0.4, -0.2) is 8.32 Å². The van der Waals surface area contributed by atoms with Crippen LogP contribution in [0.15, 0.2) is 11.8 Å². The largest absolute Gasteiger partial charge is 0.546 e. The Morgan fingerprint density at radius 2 is 1.80 bits per heavy atom. The van der Waals surface area contributed by atoms with E-state index in [1.807, 2.05) is 0 Å². The van der Waals surface area contributed by atoms with E-state index in [1.54, 1.807) is 0 Å². The summed E-state index contributed by atoms with van der Waals surface area (Å²) in [5.41, 5.74) is 0.259. The van der Waals surface area contributed by atoms with E-state index in [0.717, 1.165) is 0 Å². The van der Waals surface area contributed by atoms with Crippen LogP contribution < -0.4 is 0 Å². The first-order valence-corrected chi connectivity index (χ1v) is 8.87. The molecule has 88 valence electrons. The van der Waals surface area contributed by atoms with Crippen molar-refractivity contribution in [3.63, 3.8) is 0 Å². The van der Waals surface area contributed by atoms with Gasteiger partial charge in [-0.2, -0.15) is 0 Å². The van der Waals surface area contributed by atoms with Crippen molar-refractivity contribution in [3.05, 3.63) is 11.8 Å². The average molecular weight is 226 g/mol. The highest BCUT2D eigenvalue weighted by atomic mass is 28.4. The zero-order chi connectivity index (χ0) is 11.9. The van der Waals surface area contributed by atoms with Gasteiger partial charge in [0.15, 0.2) is 0 Å². The average Bonchev–Trinajstić information content (AvgIpc) is 2.27. The lowest BCUT2D eigenvalue weighted by Gasteiger charge is -2.39. The Balaban J connectivity index is 2.79. The Morgan fingerprint density at radius 3 is 2.13 bits per heavy atom. The minimum atomic E-state index is -1.63. The predicted molar refractivity (Wildman–Crippen MR) is 69.4 cm³/mol. The minimum absolute atomic E-state index is 0.259. The molecule has 0 amide bonds. The summed E-state index contributed by atoms with van der Waals surface area (Å²) >= 11 is 0. The van der Waals surface area contributed by atoms with Crippen LogP contribution in [-0.2, 0) is 4.43 Å². The Labute approximate surface area is 96.0 Å². The van der Waals surface area contributed by atoms with Crippen LogP contribution in [0.1, 0.15) is 47.5 Å². The highest BCUT2D eigenvalue weighted by Crippen LogP contribution is 2.44. The fourth-order valence-corrected chi connectivity index (χ4v) is 2.79. The fraction of sp³-hybridized carbons (Fsp3) is 0.846. The van der Waals surface area contributed by atoms with Gasteiger partial charge in [-0.1, -0.05) is 34.6 Å². The number of rotatable bonds is 2. The molecule has 1 nitrogen and oxygen atoms in total. The molecule has 0 N–H and O–H groups in total. The molecule has 1 rings (SSSR count). The van der Waals surface area contributed by atoms with Crippen molar-refractivity contribution in [2.75, 3.05) is 0 Å². The molecule has 0 unspecified atom stereocenters. The van der Waals surface area contributed by atoms with Crippen molar-refractivity contribution < 1.29 is 4.43 Å². The maximum atomic E-state index is 6.38. The number of allylic oxidation sites excluding steroid dienone is 2. The first-order valence-electron chi connectivity index (χ1n) is 5.96. The van der Waals surface area contributed by atoms with Crippen molar-refractivity contribution in [2.45, 2.75) is 65.6 Å². The van der Waals surface area contributed by atoms with E-state index in [4.69, 9.17) is 4.43 Å². The standard InChI is InChI=1S/C13H26OSi/c1-12(2,3)15(6,7)14-11-9-8-10-13(11,4)5/h9H,8,10H2,1-7H3. The van der Waals surface area contributed by atoms with Gasteiger partial charge < -0.3 is 4.43 Å². The molecule has 0 spiro atoms. The van der Waals surface area contributed by atoms with Crippen LogP contribution in [0.3, 0.4) is 0 Å². The zero-order valence-corrected chi connectivity index (χ0v) is 12.4. The van der Waals surface area contributed by atoms with Crippen molar-refractivity contribution in [1.82, 2.24) is 0 Å². The van der Waals surface area contributed by atoms with E-state index < -0.39 is 8.32 Å². The molecule has 0 fully saturated rings. The monoisotopic (exact) mass is 226 g/mol. The second kappa shape index (κ2) is 3.65. The van der Waals surface area contributed by atoms with Crippen LogP contribution in [0.25, 0.3) is 0 Å². The van der Waals surface area contributed by atoms with Gasteiger partial charge >= 0.3 is 0 Å². The maximum absolute atomic E-state index is 6.38. The molecule has 0 bridgehead atoms. The molecular formula is C13H26OSi. The quantitative estimate of drug-likeness (QED) is 0.619. The highest BCUT2D eigenvalue weighted by molar-refractivity contribution is 6.74. The number of hydrogen-bond donors (Lipinski definition) is 0. The molecule has 0 aromatic heterocycles. The smallest absolute Gasteiger partial charge is 0.250 e. The summed E-state index contributed by atoms with van der Waals surface area (Å²) in [7, 11) is -1.63. The third-order valence-corrected chi connectivity index (χ3v) is 8.28. The zero-order valence-electron chi connectivity index (χ0n) is 11.4. The van der Waals surface area contributed by atoms with E-state index in [2.05, 4.69) is 53.8 Å². The summed E-state index contributed by atoms with van der Waals surface area (Å²) < 4.78 is 6.38. The Morgan fingerprint density at radius 1 is 1.27 bits per heavy atom. The molecule has 2 heteroatoms. The van der Waals surface area contributed by atoms with Gasteiger partial charge in [-0.25, -0.2) is 0 Å². The van der Waals surface area contributed by atoms with E-state index in [9.17, 15) is 0 Å². The third-order valence-electron chi connectivity index (χ3n) is 3.94. The third kappa shape index (κ3) is 2.66. The van der Waals surface area contributed by atoms with Crippen LogP contribution in [0.5, 0.6) is 0 Å². The van der Waals surface area contributed by atoms with E-state index in [0.29, 0.717) is 5.04 Å². The summed E-state index contributed by atoms with van der Waals surface area (Å²) in [6, 6.07) is 0. The summed E-state index contributed by atoms with van der Waals surface area (Å²) in [5, 5.41) is 0.298. The van der Waals surface area contributed by atoms with Gasteiger partial charge in [0.25, 0.3) is 0 Å². The SMILES string of the molecule is CC1(C)CCC=C1O[Si](C)(C)C(C)(C)C. The lowest BCUT2D eigenvalue weighted by molar-refractivity contribution is 0.265. The molecule has 0 saturated heterocycles. The first-order chi connectivity index (χ1) is 6.56. The molecule has 0 atom stereocenters. The Hall–Kier alpha value is -0.243. The van der Waals surface area contributed by atoms with E-state index >= 15 is 0 Å². The molecule has 0 radical (unpaired) electrons. The van der Waals surface area contributed by atoms with Gasteiger partial charge in [-0.15, -0.1) is 0 Å². The highest BCUT2D eigenvalue weighted by Gasteiger charge is 2.42. The van der Waals surface area contributed by atoms with Crippen LogP contribution in [0, 0.1) is 5.41 Å². The molecule has 1 aliphatic carbocycles. The van der Waals surface area contributed by atoms with Gasteiger partial charge in [0.2, 0.25) is 8.32 Å². The van der Waals surface area contributed by atoms with Crippen LogP contribution in [0.2, 0.25) is 18.1 Å². The molecular weight excluding hydrogens is 200 g/mol. The van der Waals surface area contributed by atoms with Gasteiger partial charge in [-0.3, -0.25) is 0 Å².